The Hall–Kier alpha value is -2.54. The summed E-state index contributed by atoms with van der Waals surface area (Å²) in [5.41, 5.74) is 2.47. The largest absolute Gasteiger partial charge is 0.297 e. The highest BCUT2D eigenvalue weighted by Crippen LogP contribution is 2.19. The molecule has 130 valence electrons. The number of nitrogens with zero attached hydrogens (tertiary/aromatic N) is 6. The first-order valence-electron chi connectivity index (χ1n) is 8.74. The van der Waals surface area contributed by atoms with Crippen molar-refractivity contribution in [1.29, 1.82) is 0 Å². The minimum atomic E-state index is -0.00530. The van der Waals surface area contributed by atoms with Crippen LogP contribution in [0.25, 0.3) is 5.65 Å². The van der Waals surface area contributed by atoms with E-state index < -0.39 is 0 Å². The molecule has 0 saturated carbocycles. The number of fused-ring (bicyclic) bond motifs is 1. The van der Waals surface area contributed by atoms with Crippen LogP contribution in [0.4, 0.5) is 0 Å². The van der Waals surface area contributed by atoms with Crippen LogP contribution >= 0.6 is 0 Å². The highest BCUT2D eigenvalue weighted by atomic mass is 16.1. The Morgan fingerprint density at radius 1 is 1.32 bits per heavy atom. The lowest BCUT2D eigenvalue weighted by atomic mass is 9.98. The lowest BCUT2D eigenvalue weighted by molar-refractivity contribution is 0.151. The maximum absolute atomic E-state index is 12.4. The van der Waals surface area contributed by atoms with Crippen LogP contribution in [0.2, 0.25) is 0 Å². The van der Waals surface area contributed by atoms with Crippen LogP contribution in [0, 0.1) is 12.8 Å². The summed E-state index contributed by atoms with van der Waals surface area (Å²) in [6, 6.07) is 7.42. The Morgan fingerprint density at radius 2 is 2.24 bits per heavy atom. The smallest absolute Gasteiger partial charge is 0.258 e. The van der Waals surface area contributed by atoms with Crippen LogP contribution in [-0.2, 0) is 13.1 Å². The summed E-state index contributed by atoms with van der Waals surface area (Å²) < 4.78 is 3.56. The lowest BCUT2D eigenvalue weighted by Gasteiger charge is -2.32. The average Bonchev–Trinajstić information content (AvgIpc) is 3.08. The van der Waals surface area contributed by atoms with E-state index in [0.29, 0.717) is 12.5 Å². The fourth-order valence-electron chi connectivity index (χ4n) is 3.71. The molecule has 0 bridgehead atoms. The first kappa shape index (κ1) is 16.0. The molecule has 4 rings (SSSR count). The molecule has 0 spiro atoms. The zero-order valence-corrected chi connectivity index (χ0v) is 14.4. The molecule has 4 heterocycles. The first-order chi connectivity index (χ1) is 12.2. The highest BCUT2D eigenvalue weighted by Gasteiger charge is 2.21. The number of rotatable bonds is 4. The van der Waals surface area contributed by atoms with Gasteiger partial charge in [-0.1, -0.05) is 11.3 Å². The number of likely N-dealkylation sites (tertiary alicyclic amines) is 1. The Balaban J connectivity index is 1.50. The molecule has 0 unspecified atom stereocenters. The third kappa shape index (κ3) is 3.46. The topological polar surface area (TPSA) is 68.3 Å². The molecule has 3 aromatic rings. The van der Waals surface area contributed by atoms with Gasteiger partial charge < -0.3 is 0 Å². The van der Waals surface area contributed by atoms with Gasteiger partial charge in [0.05, 0.1) is 11.9 Å². The summed E-state index contributed by atoms with van der Waals surface area (Å²) >= 11 is 0. The molecule has 25 heavy (non-hydrogen) atoms. The summed E-state index contributed by atoms with van der Waals surface area (Å²) in [6.07, 6.45) is 5.98. The summed E-state index contributed by atoms with van der Waals surface area (Å²) in [4.78, 5) is 19.5. The number of aryl methyl sites for hydroxylation is 1. The van der Waals surface area contributed by atoms with Crippen molar-refractivity contribution in [2.24, 2.45) is 5.92 Å². The van der Waals surface area contributed by atoms with Crippen molar-refractivity contribution in [3.8, 4) is 0 Å². The third-order valence-corrected chi connectivity index (χ3v) is 4.84. The van der Waals surface area contributed by atoms with Gasteiger partial charge in [0.2, 0.25) is 0 Å². The van der Waals surface area contributed by atoms with Gasteiger partial charge in [0.15, 0.2) is 0 Å². The van der Waals surface area contributed by atoms with E-state index in [0.717, 1.165) is 43.1 Å². The van der Waals surface area contributed by atoms with E-state index in [1.807, 2.05) is 36.0 Å². The number of aromatic nitrogens is 5. The highest BCUT2D eigenvalue weighted by molar-refractivity contribution is 5.40. The van der Waals surface area contributed by atoms with E-state index >= 15 is 0 Å². The third-order valence-electron chi connectivity index (χ3n) is 4.84. The van der Waals surface area contributed by atoms with Crippen LogP contribution in [0.3, 0.4) is 0 Å². The molecule has 1 atom stereocenters. The molecule has 1 aliphatic heterocycles. The minimum Gasteiger partial charge on any atom is -0.297 e. The second kappa shape index (κ2) is 6.76. The van der Waals surface area contributed by atoms with Gasteiger partial charge in [0, 0.05) is 37.6 Å². The van der Waals surface area contributed by atoms with Gasteiger partial charge in [0.1, 0.15) is 5.65 Å². The van der Waals surface area contributed by atoms with Gasteiger partial charge in [-0.15, -0.1) is 5.10 Å². The number of hydrogen-bond donors (Lipinski definition) is 0. The van der Waals surface area contributed by atoms with Crippen molar-refractivity contribution in [3.63, 3.8) is 0 Å². The van der Waals surface area contributed by atoms with Crippen molar-refractivity contribution in [2.45, 2.75) is 32.9 Å². The van der Waals surface area contributed by atoms with Crippen molar-refractivity contribution in [2.75, 3.05) is 13.1 Å². The van der Waals surface area contributed by atoms with Gasteiger partial charge in [-0.3, -0.25) is 18.8 Å². The summed E-state index contributed by atoms with van der Waals surface area (Å²) in [5, 5.41) is 7.94. The number of hydrogen-bond acceptors (Lipinski definition) is 5. The first-order valence-corrected chi connectivity index (χ1v) is 8.74. The SMILES string of the molecule is Cc1cccc2nc(CN3CCC[C@H](Cn4ccnn4)C3)cc(=O)n12. The maximum Gasteiger partial charge on any atom is 0.258 e. The van der Waals surface area contributed by atoms with Crippen LogP contribution < -0.4 is 5.56 Å². The van der Waals surface area contributed by atoms with Crippen molar-refractivity contribution >= 4 is 5.65 Å². The van der Waals surface area contributed by atoms with Gasteiger partial charge in [-0.05, 0) is 44.4 Å². The van der Waals surface area contributed by atoms with Gasteiger partial charge in [-0.25, -0.2) is 4.98 Å². The second-order valence-electron chi connectivity index (χ2n) is 6.81. The predicted octanol–water partition coefficient (Wildman–Crippen LogP) is 1.51. The molecule has 1 fully saturated rings. The zero-order chi connectivity index (χ0) is 17.2. The molecule has 0 amide bonds. The zero-order valence-electron chi connectivity index (χ0n) is 14.4. The molecule has 0 aliphatic carbocycles. The van der Waals surface area contributed by atoms with E-state index in [2.05, 4.69) is 20.2 Å². The van der Waals surface area contributed by atoms with E-state index in [1.54, 1.807) is 16.7 Å². The van der Waals surface area contributed by atoms with Gasteiger partial charge in [0.25, 0.3) is 5.56 Å². The van der Waals surface area contributed by atoms with E-state index in [1.165, 1.54) is 6.42 Å². The van der Waals surface area contributed by atoms with Crippen molar-refractivity contribution in [1.82, 2.24) is 29.3 Å². The summed E-state index contributed by atoms with van der Waals surface area (Å²) in [7, 11) is 0. The molecule has 1 saturated heterocycles. The number of pyridine rings is 1. The van der Waals surface area contributed by atoms with Gasteiger partial charge >= 0.3 is 0 Å². The molecule has 1 aliphatic rings. The Morgan fingerprint density at radius 3 is 3.08 bits per heavy atom. The molecule has 3 aromatic heterocycles. The Kier molecular flexibility index (Phi) is 4.31. The Bertz CT molecular complexity index is 917. The fraction of sp³-hybridized carbons (Fsp3) is 0.444. The van der Waals surface area contributed by atoms with Crippen LogP contribution in [0.1, 0.15) is 24.2 Å². The normalized spacial score (nSPS) is 18.7. The quantitative estimate of drug-likeness (QED) is 0.721. The minimum absolute atomic E-state index is 0.00530. The monoisotopic (exact) mass is 338 g/mol. The molecule has 0 radical (unpaired) electrons. The maximum atomic E-state index is 12.4. The van der Waals surface area contributed by atoms with E-state index in [4.69, 9.17) is 0 Å². The molecule has 7 heteroatoms. The Labute approximate surface area is 145 Å². The summed E-state index contributed by atoms with van der Waals surface area (Å²) in [5.74, 6) is 0.555. The fourth-order valence-corrected chi connectivity index (χ4v) is 3.71. The lowest BCUT2D eigenvalue weighted by Crippen LogP contribution is -2.37. The van der Waals surface area contributed by atoms with E-state index in [9.17, 15) is 4.79 Å². The summed E-state index contributed by atoms with van der Waals surface area (Å²) in [6.45, 7) is 5.57. The number of piperidine rings is 1. The van der Waals surface area contributed by atoms with Crippen molar-refractivity contribution in [3.05, 3.63) is 58.4 Å². The molecule has 7 nitrogen and oxygen atoms in total. The second-order valence-corrected chi connectivity index (χ2v) is 6.81. The molecule has 0 aromatic carbocycles. The predicted molar refractivity (Wildman–Crippen MR) is 94.2 cm³/mol. The standard InChI is InChI=1S/C18H22N6O/c1-14-4-2-6-17-20-16(10-18(25)24(14)17)13-22-8-3-5-15(11-22)12-23-9-7-19-21-23/h2,4,6-7,9-10,15H,3,5,8,11-13H2,1H3/t15-/m0/s1. The van der Waals surface area contributed by atoms with E-state index in [-0.39, 0.29) is 5.56 Å². The van der Waals surface area contributed by atoms with Crippen LogP contribution in [0.5, 0.6) is 0 Å². The van der Waals surface area contributed by atoms with Gasteiger partial charge in [-0.2, -0.15) is 0 Å². The van der Waals surface area contributed by atoms with Crippen LogP contribution in [-0.4, -0.2) is 42.4 Å². The van der Waals surface area contributed by atoms with Crippen molar-refractivity contribution < 1.29 is 0 Å². The molecule has 0 N–H and O–H groups in total. The molecular formula is C18H22N6O. The molecular weight excluding hydrogens is 316 g/mol. The average molecular weight is 338 g/mol. The van der Waals surface area contributed by atoms with Crippen LogP contribution in [0.15, 0.2) is 41.5 Å².